The van der Waals surface area contributed by atoms with Gasteiger partial charge in [-0.25, -0.2) is 0 Å². The highest BCUT2D eigenvalue weighted by Crippen LogP contribution is 2.36. The third-order valence-corrected chi connectivity index (χ3v) is 2.81. The highest BCUT2D eigenvalue weighted by Gasteiger charge is 2.17. The van der Waals surface area contributed by atoms with Crippen molar-refractivity contribution < 1.29 is 14.3 Å². The highest BCUT2D eigenvalue weighted by atomic mass is 32.1. The molecule has 86 valence electrons. The zero-order valence-electron chi connectivity index (χ0n) is 9.19. The third-order valence-electron chi connectivity index (χ3n) is 2.51. The number of aryl methyl sites for hydroxylation is 1. The number of hydrogen-bond donors (Lipinski definition) is 1. The molecule has 0 unspecified atom stereocenters. The Bertz CT molecular complexity index is 433. The van der Waals surface area contributed by atoms with Crippen LogP contribution in [0.25, 0.3) is 0 Å². The van der Waals surface area contributed by atoms with E-state index in [2.05, 4.69) is 12.6 Å². The molecule has 0 atom stereocenters. The molecule has 0 saturated heterocycles. The number of fused-ring (bicyclic) bond motifs is 1. The normalized spacial score (nSPS) is 13.4. The maximum Gasteiger partial charge on any atom is 0.282 e. The lowest BCUT2D eigenvalue weighted by Gasteiger charge is -2.23. The largest absolute Gasteiger partial charge is 0.486 e. The van der Waals surface area contributed by atoms with Gasteiger partial charge < -0.3 is 14.4 Å². The molecule has 1 heterocycles. The first-order chi connectivity index (χ1) is 7.59. The standard InChI is InChI=1S/C11H13NO3S/c1-7-5-9-10(15-4-3-14-9)6-8(7)12(2)11(13)16/h5-6H,3-4H2,1-2H3,(H,13,16). The van der Waals surface area contributed by atoms with E-state index in [0.717, 1.165) is 17.0 Å². The van der Waals surface area contributed by atoms with E-state index in [-0.39, 0.29) is 5.24 Å². The molecular weight excluding hydrogens is 226 g/mol. The van der Waals surface area contributed by atoms with Gasteiger partial charge in [-0.1, -0.05) is 12.6 Å². The van der Waals surface area contributed by atoms with Gasteiger partial charge in [0.15, 0.2) is 11.5 Å². The first-order valence-electron chi connectivity index (χ1n) is 4.96. The predicted molar refractivity (Wildman–Crippen MR) is 65.0 cm³/mol. The van der Waals surface area contributed by atoms with Crippen molar-refractivity contribution in [1.29, 1.82) is 0 Å². The summed E-state index contributed by atoms with van der Waals surface area (Å²) < 4.78 is 10.9. The van der Waals surface area contributed by atoms with Crippen molar-refractivity contribution in [2.24, 2.45) is 0 Å². The Morgan fingerprint density at radius 1 is 1.31 bits per heavy atom. The van der Waals surface area contributed by atoms with Crippen LogP contribution in [0.1, 0.15) is 5.56 Å². The number of hydrogen-bond acceptors (Lipinski definition) is 3. The van der Waals surface area contributed by atoms with Gasteiger partial charge in [0.1, 0.15) is 13.2 Å². The average molecular weight is 239 g/mol. The number of carbonyl (C=O) groups excluding carboxylic acids is 1. The number of amides is 1. The predicted octanol–water partition coefficient (Wildman–Crippen LogP) is 2.25. The molecule has 1 amide bonds. The highest BCUT2D eigenvalue weighted by molar-refractivity contribution is 7.96. The molecule has 4 nitrogen and oxygen atoms in total. The van der Waals surface area contributed by atoms with Gasteiger partial charge in [-0.2, -0.15) is 0 Å². The van der Waals surface area contributed by atoms with E-state index in [1.165, 1.54) is 4.90 Å². The summed E-state index contributed by atoms with van der Waals surface area (Å²) in [5, 5.41) is -0.306. The molecule has 0 fully saturated rings. The summed E-state index contributed by atoms with van der Waals surface area (Å²) in [4.78, 5) is 12.7. The number of nitrogens with zero attached hydrogens (tertiary/aromatic N) is 1. The quantitative estimate of drug-likeness (QED) is 0.764. The smallest absolute Gasteiger partial charge is 0.282 e. The second-order valence-corrected chi connectivity index (χ2v) is 4.01. The number of thiol groups is 1. The summed E-state index contributed by atoms with van der Waals surface area (Å²) in [6.07, 6.45) is 0. The van der Waals surface area contributed by atoms with Crippen LogP contribution in [0.2, 0.25) is 0 Å². The Morgan fingerprint density at radius 2 is 1.88 bits per heavy atom. The molecule has 0 aliphatic carbocycles. The zero-order valence-corrected chi connectivity index (χ0v) is 10.1. The summed E-state index contributed by atoms with van der Waals surface area (Å²) in [5.41, 5.74) is 1.73. The summed E-state index contributed by atoms with van der Waals surface area (Å²) in [6, 6.07) is 3.68. The Morgan fingerprint density at radius 3 is 2.44 bits per heavy atom. The molecule has 0 aromatic heterocycles. The average Bonchev–Trinajstić information content (AvgIpc) is 2.27. The molecule has 0 radical (unpaired) electrons. The second-order valence-electron chi connectivity index (χ2n) is 3.62. The van der Waals surface area contributed by atoms with Crippen LogP contribution in [0.15, 0.2) is 12.1 Å². The van der Waals surface area contributed by atoms with Gasteiger partial charge >= 0.3 is 0 Å². The van der Waals surface area contributed by atoms with Crippen molar-refractivity contribution in [3.8, 4) is 11.5 Å². The van der Waals surface area contributed by atoms with E-state index in [4.69, 9.17) is 9.47 Å². The van der Waals surface area contributed by atoms with Gasteiger partial charge in [-0.3, -0.25) is 4.79 Å². The van der Waals surface area contributed by atoms with Crippen molar-refractivity contribution in [3.05, 3.63) is 17.7 Å². The van der Waals surface area contributed by atoms with E-state index >= 15 is 0 Å². The lowest BCUT2D eigenvalue weighted by Crippen LogP contribution is -2.22. The van der Waals surface area contributed by atoms with Crippen LogP contribution in [0, 0.1) is 6.92 Å². The van der Waals surface area contributed by atoms with Crippen LogP contribution < -0.4 is 14.4 Å². The number of benzene rings is 1. The molecule has 1 aromatic carbocycles. The Hall–Kier alpha value is -1.36. The third kappa shape index (κ3) is 1.95. The summed E-state index contributed by atoms with van der Waals surface area (Å²) in [5.74, 6) is 1.40. The Kier molecular flexibility index (Phi) is 2.96. The maximum atomic E-state index is 11.2. The van der Waals surface area contributed by atoms with Crippen LogP contribution >= 0.6 is 12.6 Å². The number of anilines is 1. The van der Waals surface area contributed by atoms with E-state index in [9.17, 15) is 4.79 Å². The minimum Gasteiger partial charge on any atom is -0.486 e. The van der Waals surface area contributed by atoms with Crippen LogP contribution in [0.4, 0.5) is 10.5 Å². The van der Waals surface area contributed by atoms with Gasteiger partial charge in [0.05, 0.1) is 5.69 Å². The van der Waals surface area contributed by atoms with E-state index < -0.39 is 0 Å². The van der Waals surface area contributed by atoms with Crippen LogP contribution in [-0.4, -0.2) is 25.5 Å². The van der Waals surface area contributed by atoms with Crippen LogP contribution in [0.3, 0.4) is 0 Å². The second kappa shape index (κ2) is 4.25. The van der Waals surface area contributed by atoms with Gasteiger partial charge in [0, 0.05) is 13.1 Å². The molecule has 0 spiro atoms. The first kappa shape index (κ1) is 11.1. The van der Waals surface area contributed by atoms with Gasteiger partial charge in [0.2, 0.25) is 0 Å². The van der Waals surface area contributed by atoms with Crippen molar-refractivity contribution >= 4 is 23.6 Å². The molecule has 1 aliphatic rings. The van der Waals surface area contributed by atoms with Crippen molar-refractivity contribution in [2.75, 3.05) is 25.2 Å². The zero-order chi connectivity index (χ0) is 11.7. The van der Waals surface area contributed by atoms with Crippen molar-refractivity contribution in [2.45, 2.75) is 6.92 Å². The number of rotatable bonds is 1. The fraction of sp³-hybridized carbons (Fsp3) is 0.364. The lowest BCUT2D eigenvalue weighted by molar-refractivity contribution is 0.171. The van der Waals surface area contributed by atoms with Crippen molar-refractivity contribution in [1.82, 2.24) is 0 Å². The summed E-state index contributed by atoms with van der Waals surface area (Å²) in [7, 11) is 1.67. The molecule has 1 aromatic rings. The summed E-state index contributed by atoms with van der Waals surface area (Å²) >= 11 is 3.79. The number of carbonyl (C=O) groups is 1. The molecule has 2 rings (SSSR count). The van der Waals surface area contributed by atoms with Crippen LogP contribution in [0.5, 0.6) is 11.5 Å². The fourth-order valence-electron chi connectivity index (χ4n) is 1.64. The topological polar surface area (TPSA) is 38.8 Å². The molecule has 16 heavy (non-hydrogen) atoms. The monoisotopic (exact) mass is 239 g/mol. The van der Waals surface area contributed by atoms with Gasteiger partial charge in [0.25, 0.3) is 5.24 Å². The van der Waals surface area contributed by atoms with Gasteiger partial charge in [-0.15, -0.1) is 0 Å². The minimum atomic E-state index is -0.306. The lowest BCUT2D eigenvalue weighted by atomic mass is 10.1. The maximum absolute atomic E-state index is 11.2. The Balaban J connectivity index is 2.43. The number of ether oxygens (including phenoxy) is 2. The molecule has 0 saturated carbocycles. The van der Waals surface area contributed by atoms with E-state index in [1.807, 2.05) is 13.0 Å². The molecule has 5 heteroatoms. The van der Waals surface area contributed by atoms with Gasteiger partial charge in [-0.05, 0) is 18.6 Å². The van der Waals surface area contributed by atoms with Crippen molar-refractivity contribution in [3.63, 3.8) is 0 Å². The molecule has 0 bridgehead atoms. The van der Waals surface area contributed by atoms with E-state index in [0.29, 0.717) is 19.0 Å². The van der Waals surface area contributed by atoms with Crippen LogP contribution in [-0.2, 0) is 0 Å². The molecule has 0 N–H and O–H groups in total. The molecule has 1 aliphatic heterocycles. The fourth-order valence-corrected chi connectivity index (χ4v) is 1.75. The molecular formula is C11H13NO3S. The SMILES string of the molecule is Cc1cc2c(cc1N(C)C(=O)S)OCCO2. The Labute approximate surface area is 99.6 Å². The first-order valence-corrected chi connectivity index (χ1v) is 5.41. The van der Waals surface area contributed by atoms with E-state index in [1.54, 1.807) is 13.1 Å². The minimum absolute atomic E-state index is 0.306. The summed E-state index contributed by atoms with van der Waals surface area (Å²) in [6.45, 7) is 3.02.